The van der Waals surface area contributed by atoms with Crippen LogP contribution >= 0.6 is 0 Å². The SMILES string of the molecule is NCCNCCCCCNCCNCC(O)OC(CO)C(O)CO. The van der Waals surface area contributed by atoms with E-state index in [0.29, 0.717) is 13.1 Å². The van der Waals surface area contributed by atoms with Crippen LogP contribution in [0.3, 0.4) is 0 Å². The van der Waals surface area contributed by atoms with Gasteiger partial charge in [-0.3, -0.25) is 0 Å². The Kier molecular flexibility index (Phi) is 17.2. The highest BCUT2D eigenvalue weighted by molar-refractivity contribution is 4.68. The van der Waals surface area contributed by atoms with E-state index in [1.54, 1.807) is 0 Å². The van der Waals surface area contributed by atoms with E-state index in [4.69, 9.17) is 20.7 Å². The fourth-order valence-corrected chi connectivity index (χ4v) is 2.05. The van der Waals surface area contributed by atoms with E-state index in [-0.39, 0.29) is 6.54 Å². The Labute approximate surface area is 144 Å². The average molecular weight is 352 g/mol. The lowest BCUT2D eigenvalue weighted by atomic mass is 10.2. The zero-order chi connectivity index (χ0) is 18.0. The molecule has 146 valence electrons. The Morgan fingerprint density at radius 3 is 2.00 bits per heavy atom. The Bertz CT molecular complexity index is 264. The van der Waals surface area contributed by atoms with Gasteiger partial charge in [0.15, 0.2) is 6.29 Å². The summed E-state index contributed by atoms with van der Waals surface area (Å²) in [5, 5.41) is 46.3. The third kappa shape index (κ3) is 14.0. The standard InChI is InChI=1S/C15H36N4O5/c16-4-7-17-5-2-1-3-6-18-8-9-19-10-15(23)24-14(12-21)13(22)11-20/h13-15,17-23H,1-12,16H2. The summed E-state index contributed by atoms with van der Waals surface area (Å²) in [5.74, 6) is 0. The van der Waals surface area contributed by atoms with E-state index < -0.39 is 31.7 Å². The molecule has 0 aromatic carbocycles. The van der Waals surface area contributed by atoms with Crippen LogP contribution in [0.5, 0.6) is 0 Å². The summed E-state index contributed by atoms with van der Waals surface area (Å²) in [7, 11) is 0. The Morgan fingerprint density at radius 2 is 1.42 bits per heavy atom. The molecule has 0 rings (SSSR count). The van der Waals surface area contributed by atoms with Crippen LogP contribution in [0, 0.1) is 0 Å². The zero-order valence-corrected chi connectivity index (χ0v) is 14.5. The highest BCUT2D eigenvalue weighted by Gasteiger charge is 2.21. The monoisotopic (exact) mass is 352 g/mol. The van der Waals surface area contributed by atoms with Gasteiger partial charge >= 0.3 is 0 Å². The summed E-state index contributed by atoms with van der Waals surface area (Å²) in [4.78, 5) is 0. The predicted octanol–water partition coefficient (Wildman–Crippen LogP) is -3.07. The van der Waals surface area contributed by atoms with Crippen molar-refractivity contribution in [2.75, 3.05) is 59.0 Å². The van der Waals surface area contributed by atoms with Gasteiger partial charge in [0, 0.05) is 32.7 Å². The maximum atomic E-state index is 9.63. The van der Waals surface area contributed by atoms with Crippen molar-refractivity contribution in [3.8, 4) is 0 Å². The molecule has 3 atom stereocenters. The summed E-state index contributed by atoms with van der Waals surface area (Å²) in [6.07, 6.45) is 0.0772. The lowest BCUT2D eigenvalue weighted by Gasteiger charge is -2.23. The van der Waals surface area contributed by atoms with Gasteiger partial charge in [-0.1, -0.05) is 6.42 Å². The number of hydrogen-bond donors (Lipinski definition) is 8. The second kappa shape index (κ2) is 17.5. The van der Waals surface area contributed by atoms with E-state index in [0.717, 1.165) is 39.0 Å². The van der Waals surface area contributed by atoms with Crippen LogP contribution in [0.25, 0.3) is 0 Å². The Hall–Kier alpha value is -0.360. The minimum Gasteiger partial charge on any atom is -0.394 e. The van der Waals surface area contributed by atoms with E-state index in [1.807, 2.05) is 0 Å². The van der Waals surface area contributed by atoms with Crippen molar-refractivity contribution in [1.29, 1.82) is 0 Å². The van der Waals surface area contributed by atoms with E-state index in [1.165, 1.54) is 6.42 Å². The summed E-state index contributed by atoms with van der Waals surface area (Å²) < 4.78 is 5.05. The minimum absolute atomic E-state index is 0.184. The van der Waals surface area contributed by atoms with Crippen LogP contribution in [0.1, 0.15) is 19.3 Å². The van der Waals surface area contributed by atoms with Crippen LogP contribution in [-0.2, 0) is 4.74 Å². The summed E-state index contributed by atoms with van der Waals surface area (Å²) in [6, 6.07) is 0. The molecular weight excluding hydrogens is 316 g/mol. The first kappa shape index (κ1) is 23.6. The number of unbranched alkanes of at least 4 members (excludes halogenated alkanes) is 2. The molecule has 0 fully saturated rings. The zero-order valence-electron chi connectivity index (χ0n) is 14.5. The maximum Gasteiger partial charge on any atom is 0.167 e. The van der Waals surface area contributed by atoms with E-state index >= 15 is 0 Å². The molecule has 0 saturated heterocycles. The molecule has 0 aliphatic heterocycles. The number of rotatable bonds is 18. The fourth-order valence-electron chi connectivity index (χ4n) is 2.05. The van der Waals surface area contributed by atoms with Crippen LogP contribution in [0.2, 0.25) is 0 Å². The summed E-state index contributed by atoms with van der Waals surface area (Å²) in [6.45, 7) is 4.15. The molecule has 24 heavy (non-hydrogen) atoms. The van der Waals surface area contributed by atoms with Gasteiger partial charge in [0.2, 0.25) is 0 Å². The third-order valence-corrected chi connectivity index (χ3v) is 3.45. The molecule has 0 aliphatic carbocycles. The lowest BCUT2D eigenvalue weighted by Crippen LogP contribution is -2.42. The van der Waals surface area contributed by atoms with Crippen LogP contribution < -0.4 is 21.7 Å². The van der Waals surface area contributed by atoms with Crippen molar-refractivity contribution in [2.45, 2.75) is 37.8 Å². The second-order valence-electron chi connectivity index (χ2n) is 5.62. The molecule has 0 heterocycles. The first-order valence-corrected chi connectivity index (χ1v) is 8.71. The van der Waals surface area contributed by atoms with Crippen molar-refractivity contribution < 1.29 is 25.2 Å². The third-order valence-electron chi connectivity index (χ3n) is 3.45. The van der Waals surface area contributed by atoms with Crippen LogP contribution in [0.4, 0.5) is 0 Å². The van der Waals surface area contributed by atoms with Crippen molar-refractivity contribution in [2.24, 2.45) is 5.73 Å². The van der Waals surface area contributed by atoms with Gasteiger partial charge in [-0.15, -0.1) is 0 Å². The van der Waals surface area contributed by atoms with Crippen LogP contribution in [0.15, 0.2) is 0 Å². The second-order valence-corrected chi connectivity index (χ2v) is 5.62. The quantitative estimate of drug-likeness (QED) is 0.0949. The number of ether oxygens (including phenoxy) is 1. The number of aliphatic hydroxyl groups excluding tert-OH is 4. The van der Waals surface area contributed by atoms with Gasteiger partial charge in [-0.25, -0.2) is 0 Å². The average Bonchev–Trinajstić information content (AvgIpc) is 2.59. The molecule has 3 unspecified atom stereocenters. The Morgan fingerprint density at radius 1 is 0.792 bits per heavy atom. The normalized spacial score (nSPS) is 15.4. The molecule has 0 aromatic rings. The summed E-state index contributed by atoms with van der Waals surface area (Å²) >= 11 is 0. The Balaban J connectivity index is 3.37. The molecular formula is C15H36N4O5. The molecule has 0 amide bonds. The van der Waals surface area contributed by atoms with Crippen LogP contribution in [-0.4, -0.2) is 98.0 Å². The van der Waals surface area contributed by atoms with Crippen molar-refractivity contribution in [1.82, 2.24) is 16.0 Å². The van der Waals surface area contributed by atoms with Gasteiger partial charge in [0.05, 0.1) is 13.2 Å². The topological polar surface area (TPSA) is 152 Å². The van der Waals surface area contributed by atoms with Gasteiger partial charge in [0.25, 0.3) is 0 Å². The number of nitrogens with two attached hydrogens (primary N) is 1. The van der Waals surface area contributed by atoms with Crippen molar-refractivity contribution >= 4 is 0 Å². The maximum absolute atomic E-state index is 9.63. The number of nitrogens with one attached hydrogen (secondary N) is 3. The molecule has 9 N–H and O–H groups in total. The molecule has 0 saturated carbocycles. The van der Waals surface area contributed by atoms with Crippen molar-refractivity contribution in [3.05, 3.63) is 0 Å². The molecule has 9 heteroatoms. The lowest BCUT2D eigenvalue weighted by molar-refractivity contribution is -0.178. The molecule has 0 bridgehead atoms. The number of aliphatic hydroxyl groups is 4. The molecule has 9 nitrogen and oxygen atoms in total. The smallest absolute Gasteiger partial charge is 0.167 e. The molecule has 0 spiro atoms. The van der Waals surface area contributed by atoms with E-state index in [9.17, 15) is 10.2 Å². The van der Waals surface area contributed by atoms with Crippen molar-refractivity contribution in [3.63, 3.8) is 0 Å². The largest absolute Gasteiger partial charge is 0.394 e. The number of hydrogen-bond acceptors (Lipinski definition) is 9. The minimum atomic E-state index is -1.21. The molecule has 0 aromatic heterocycles. The fraction of sp³-hybridized carbons (Fsp3) is 1.00. The highest BCUT2D eigenvalue weighted by Crippen LogP contribution is 2.01. The predicted molar refractivity (Wildman–Crippen MR) is 92.6 cm³/mol. The van der Waals surface area contributed by atoms with Gasteiger partial charge in [-0.05, 0) is 25.9 Å². The van der Waals surface area contributed by atoms with Gasteiger partial charge in [0.1, 0.15) is 12.2 Å². The first-order chi connectivity index (χ1) is 11.7. The molecule has 0 radical (unpaired) electrons. The first-order valence-electron chi connectivity index (χ1n) is 8.71. The van der Waals surface area contributed by atoms with Gasteiger partial charge < -0.3 is 46.8 Å². The van der Waals surface area contributed by atoms with Gasteiger partial charge in [-0.2, -0.15) is 0 Å². The summed E-state index contributed by atoms with van der Waals surface area (Å²) in [5.41, 5.74) is 5.38. The van der Waals surface area contributed by atoms with E-state index in [2.05, 4.69) is 16.0 Å². The molecule has 0 aliphatic rings. The highest BCUT2D eigenvalue weighted by atomic mass is 16.6.